The summed E-state index contributed by atoms with van der Waals surface area (Å²) in [6.45, 7) is 0. The van der Waals surface area contributed by atoms with E-state index in [1.807, 2.05) is 0 Å². The molecule has 0 aliphatic carbocycles. The van der Waals surface area contributed by atoms with Crippen molar-refractivity contribution in [1.29, 1.82) is 0 Å². The Kier molecular flexibility index (Phi) is 4.59. The first kappa shape index (κ1) is 14.1. The van der Waals surface area contributed by atoms with Crippen LogP contribution in [-0.4, -0.2) is 33.5 Å². The molecule has 0 saturated heterocycles. The fourth-order valence-corrected chi connectivity index (χ4v) is 2.58. The highest BCUT2D eigenvalue weighted by Crippen LogP contribution is 2.11. The minimum absolute atomic E-state index is 0.0392. The Morgan fingerprint density at radius 3 is 2.41 bits per heavy atom. The van der Waals surface area contributed by atoms with Gasteiger partial charge in [-0.2, -0.15) is 0 Å². The summed E-state index contributed by atoms with van der Waals surface area (Å²) in [6, 6.07) is 3.26. The quantitative estimate of drug-likeness (QED) is 0.866. The van der Waals surface area contributed by atoms with Crippen molar-refractivity contribution < 1.29 is 17.2 Å². The van der Waals surface area contributed by atoms with Crippen molar-refractivity contribution in [2.45, 2.75) is 12.5 Å². The average molecular weight is 263 g/mol. The normalized spacial score (nSPS) is 13.6. The second-order valence-corrected chi connectivity index (χ2v) is 6.22. The molecule has 0 spiro atoms. The molecule has 96 valence electrons. The maximum Gasteiger partial charge on any atom is 0.159 e. The zero-order valence-electron chi connectivity index (χ0n) is 9.70. The SMILES string of the molecule is CNC(Cc1ccc(F)c(F)c1)CS(C)(=O)=O. The number of rotatable bonds is 5. The minimum atomic E-state index is -3.10. The van der Waals surface area contributed by atoms with Crippen LogP contribution in [0.4, 0.5) is 8.78 Å². The molecule has 0 aliphatic heterocycles. The Balaban J connectivity index is 2.77. The number of sulfone groups is 1. The van der Waals surface area contributed by atoms with Gasteiger partial charge in [-0.15, -0.1) is 0 Å². The lowest BCUT2D eigenvalue weighted by Crippen LogP contribution is -2.34. The summed E-state index contributed by atoms with van der Waals surface area (Å²) < 4.78 is 47.9. The van der Waals surface area contributed by atoms with Crippen molar-refractivity contribution >= 4 is 9.84 Å². The van der Waals surface area contributed by atoms with E-state index in [4.69, 9.17) is 0 Å². The highest BCUT2D eigenvalue weighted by Gasteiger charge is 2.14. The number of halogens is 2. The molecule has 17 heavy (non-hydrogen) atoms. The van der Waals surface area contributed by atoms with Crippen LogP contribution in [0.25, 0.3) is 0 Å². The lowest BCUT2D eigenvalue weighted by atomic mass is 10.1. The van der Waals surface area contributed by atoms with Gasteiger partial charge in [0, 0.05) is 12.3 Å². The van der Waals surface area contributed by atoms with Crippen molar-refractivity contribution in [3.05, 3.63) is 35.4 Å². The molecule has 3 nitrogen and oxygen atoms in total. The smallest absolute Gasteiger partial charge is 0.159 e. The Hall–Kier alpha value is -1.01. The third-order valence-electron chi connectivity index (χ3n) is 2.38. The van der Waals surface area contributed by atoms with Crippen molar-refractivity contribution in [2.75, 3.05) is 19.1 Å². The zero-order valence-corrected chi connectivity index (χ0v) is 10.5. The van der Waals surface area contributed by atoms with Crippen LogP contribution in [0.1, 0.15) is 5.56 Å². The number of likely N-dealkylation sites (N-methyl/N-ethyl adjacent to an activating group) is 1. The second-order valence-electron chi connectivity index (χ2n) is 4.03. The van der Waals surface area contributed by atoms with Crippen LogP contribution in [-0.2, 0) is 16.3 Å². The van der Waals surface area contributed by atoms with Crippen molar-refractivity contribution in [3.8, 4) is 0 Å². The second kappa shape index (κ2) is 5.55. The number of benzene rings is 1. The first-order chi connectivity index (χ1) is 7.81. The van der Waals surface area contributed by atoms with Crippen molar-refractivity contribution in [2.24, 2.45) is 0 Å². The summed E-state index contributed by atoms with van der Waals surface area (Å²) in [5.74, 6) is -1.86. The van der Waals surface area contributed by atoms with Gasteiger partial charge in [0.05, 0.1) is 5.75 Å². The molecule has 0 aliphatic rings. The van der Waals surface area contributed by atoms with E-state index in [0.29, 0.717) is 12.0 Å². The Morgan fingerprint density at radius 2 is 1.94 bits per heavy atom. The van der Waals surface area contributed by atoms with E-state index < -0.39 is 21.5 Å². The molecular formula is C11H15F2NO2S. The van der Waals surface area contributed by atoms with Gasteiger partial charge in [-0.25, -0.2) is 17.2 Å². The Labute approximate surface area is 99.8 Å². The predicted octanol–water partition coefficient (Wildman–Crippen LogP) is 1.14. The van der Waals surface area contributed by atoms with Crippen LogP contribution < -0.4 is 5.32 Å². The number of nitrogens with one attached hydrogen (secondary N) is 1. The van der Waals surface area contributed by atoms with Crippen LogP contribution in [0.3, 0.4) is 0 Å². The molecule has 1 unspecified atom stereocenters. The van der Waals surface area contributed by atoms with E-state index in [2.05, 4.69) is 5.32 Å². The first-order valence-corrected chi connectivity index (χ1v) is 7.17. The molecule has 0 amide bonds. The van der Waals surface area contributed by atoms with E-state index in [1.54, 1.807) is 7.05 Å². The standard InChI is InChI=1S/C11H15F2NO2S/c1-14-9(7-17(2,15)16)5-8-3-4-10(12)11(13)6-8/h3-4,6,9,14H,5,7H2,1-2H3. The van der Waals surface area contributed by atoms with Crippen molar-refractivity contribution in [1.82, 2.24) is 5.32 Å². The summed E-state index contributed by atoms with van der Waals surface area (Å²) in [5.41, 5.74) is 0.562. The third kappa shape index (κ3) is 4.79. The number of hydrogen-bond donors (Lipinski definition) is 1. The summed E-state index contributed by atoms with van der Waals surface area (Å²) >= 11 is 0. The van der Waals surface area contributed by atoms with Crippen LogP contribution >= 0.6 is 0 Å². The molecule has 1 atom stereocenters. The number of hydrogen-bond acceptors (Lipinski definition) is 3. The van der Waals surface area contributed by atoms with E-state index in [0.717, 1.165) is 18.4 Å². The molecule has 1 aromatic carbocycles. The fourth-order valence-electron chi connectivity index (χ4n) is 1.56. The van der Waals surface area contributed by atoms with E-state index >= 15 is 0 Å². The maximum atomic E-state index is 13.0. The maximum absolute atomic E-state index is 13.0. The van der Waals surface area contributed by atoms with Gasteiger partial charge in [0.15, 0.2) is 11.6 Å². The zero-order chi connectivity index (χ0) is 13.1. The molecule has 1 aromatic rings. The summed E-state index contributed by atoms with van der Waals surface area (Å²) in [5, 5.41) is 2.85. The highest BCUT2D eigenvalue weighted by molar-refractivity contribution is 7.90. The van der Waals surface area contributed by atoms with Crippen LogP contribution in [0.5, 0.6) is 0 Å². The van der Waals surface area contributed by atoms with Gasteiger partial charge in [-0.3, -0.25) is 0 Å². The molecule has 6 heteroatoms. The van der Waals surface area contributed by atoms with Gasteiger partial charge in [-0.05, 0) is 31.2 Å². The van der Waals surface area contributed by atoms with Crippen LogP contribution in [0.2, 0.25) is 0 Å². The first-order valence-electron chi connectivity index (χ1n) is 5.10. The molecule has 0 fully saturated rings. The van der Waals surface area contributed by atoms with E-state index in [9.17, 15) is 17.2 Å². The third-order valence-corrected chi connectivity index (χ3v) is 3.39. The molecule has 1 rings (SSSR count). The van der Waals surface area contributed by atoms with Gasteiger partial charge in [-0.1, -0.05) is 6.07 Å². The van der Waals surface area contributed by atoms with Crippen molar-refractivity contribution in [3.63, 3.8) is 0 Å². The lowest BCUT2D eigenvalue weighted by Gasteiger charge is -2.15. The molecule has 0 radical (unpaired) electrons. The average Bonchev–Trinajstić information content (AvgIpc) is 2.20. The Bertz CT molecular complexity index is 488. The topological polar surface area (TPSA) is 46.2 Å². The van der Waals surface area contributed by atoms with Gasteiger partial charge >= 0.3 is 0 Å². The van der Waals surface area contributed by atoms with Gasteiger partial charge in [0.1, 0.15) is 9.84 Å². The van der Waals surface area contributed by atoms with E-state index in [-0.39, 0.29) is 11.8 Å². The Morgan fingerprint density at radius 1 is 1.29 bits per heavy atom. The summed E-state index contributed by atoms with van der Waals surface area (Å²) in [6.07, 6.45) is 1.48. The monoisotopic (exact) mass is 263 g/mol. The van der Waals surface area contributed by atoms with Crippen LogP contribution in [0, 0.1) is 11.6 Å². The molecule has 0 bridgehead atoms. The van der Waals surface area contributed by atoms with Crippen LogP contribution in [0.15, 0.2) is 18.2 Å². The van der Waals surface area contributed by atoms with Gasteiger partial charge in [0.25, 0.3) is 0 Å². The van der Waals surface area contributed by atoms with Gasteiger partial charge < -0.3 is 5.32 Å². The molecule has 0 heterocycles. The predicted molar refractivity (Wildman–Crippen MR) is 62.6 cm³/mol. The summed E-state index contributed by atoms with van der Waals surface area (Å²) in [7, 11) is -1.47. The van der Waals surface area contributed by atoms with E-state index in [1.165, 1.54) is 6.07 Å². The van der Waals surface area contributed by atoms with Gasteiger partial charge in [0.2, 0.25) is 0 Å². The highest BCUT2D eigenvalue weighted by atomic mass is 32.2. The minimum Gasteiger partial charge on any atom is -0.316 e. The lowest BCUT2D eigenvalue weighted by molar-refractivity contribution is 0.505. The molecular weight excluding hydrogens is 248 g/mol. The molecule has 0 aromatic heterocycles. The molecule has 1 N–H and O–H groups in total. The summed E-state index contributed by atoms with van der Waals surface area (Å²) in [4.78, 5) is 0. The largest absolute Gasteiger partial charge is 0.316 e. The molecule has 0 saturated carbocycles. The fraction of sp³-hybridized carbons (Fsp3) is 0.455.